The summed E-state index contributed by atoms with van der Waals surface area (Å²) in [4.78, 5) is 32.3. The van der Waals surface area contributed by atoms with Crippen LogP contribution in [-0.2, 0) is 4.74 Å². The van der Waals surface area contributed by atoms with Gasteiger partial charge in [-0.05, 0) is 37.5 Å². The fourth-order valence-corrected chi connectivity index (χ4v) is 3.25. The van der Waals surface area contributed by atoms with Crippen molar-refractivity contribution in [2.24, 2.45) is 11.8 Å². The van der Waals surface area contributed by atoms with Gasteiger partial charge in [0.1, 0.15) is 6.10 Å². The van der Waals surface area contributed by atoms with E-state index in [9.17, 15) is 25.0 Å². The van der Waals surface area contributed by atoms with Gasteiger partial charge in [0.2, 0.25) is 0 Å². The molecule has 3 fully saturated rings. The van der Waals surface area contributed by atoms with Crippen LogP contribution in [0.4, 0.5) is 11.4 Å². The number of carbonyl (C=O) groups excluding carboxylic acids is 1. The van der Waals surface area contributed by atoms with Crippen molar-refractivity contribution >= 4 is 17.3 Å². The number of ether oxygens (including phenoxy) is 1. The Morgan fingerprint density at radius 3 is 2.09 bits per heavy atom. The number of carbonyl (C=O) groups is 1. The number of rotatable bonds is 4. The van der Waals surface area contributed by atoms with Crippen LogP contribution >= 0.6 is 0 Å². The van der Waals surface area contributed by atoms with Crippen molar-refractivity contribution in [2.75, 3.05) is 0 Å². The molecule has 0 radical (unpaired) electrons. The first-order valence-corrected chi connectivity index (χ1v) is 7.09. The van der Waals surface area contributed by atoms with E-state index in [-0.39, 0.29) is 11.7 Å². The van der Waals surface area contributed by atoms with E-state index in [1.807, 2.05) is 0 Å². The van der Waals surface area contributed by atoms with Crippen LogP contribution in [0.15, 0.2) is 18.2 Å². The van der Waals surface area contributed by atoms with Gasteiger partial charge in [0.25, 0.3) is 11.4 Å². The van der Waals surface area contributed by atoms with Crippen molar-refractivity contribution in [3.05, 3.63) is 44.0 Å². The van der Waals surface area contributed by atoms with E-state index < -0.39 is 27.2 Å². The number of nitro groups is 2. The lowest BCUT2D eigenvalue weighted by atomic mass is 9.64. The van der Waals surface area contributed by atoms with Crippen LogP contribution in [0, 0.1) is 32.1 Å². The maximum atomic E-state index is 12.2. The summed E-state index contributed by atoms with van der Waals surface area (Å²) in [6.07, 6.45) is 3.72. The molecule has 8 heteroatoms. The van der Waals surface area contributed by atoms with E-state index in [0.29, 0.717) is 5.92 Å². The van der Waals surface area contributed by atoms with Crippen LogP contribution in [0.2, 0.25) is 0 Å². The van der Waals surface area contributed by atoms with Crippen molar-refractivity contribution in [3.8, 4) is 0 Å². The number of hydrogen-bond acceptors (Lipinski definition) is 6. The van der Waals surface area contributed by atoms with Crippen molar-refractivity contribution in [1.29, 1.82) is 0 Å². The summed E-state index contributed by atoms with van der Waals surface area (Å²) in [6.45, 7) is 0. The summed E-state index contributed by atoms with van der Waals surface area (Å²) >= 11 is 0. The van der Waals surface area contributed by atoms with Crippen molar-refractivity contribution < 1.29 is 19.4 Å². The second-order valence-electron chi connectivity index (χ2n) is 5.87. The van der Waals surface area contributed by atoms with Crippen molar-refractivity contribution in [2.45, 2.75) is 31.8 Å². The highest BCUT2D eigenvalue weighted by Crippen LogP contribution is 2.46. The molecule has 1 aromatic rings. The van der Waals surface area contributed by atoms with Gasteiger partial charge in [-0.2, -0.15) is 0 Å². The first-order valence-electron chi connectivity index (χ1n) is 7.09. The number of nitro benzene ring substituents is 2. The maximum Gasteiger partial charge on any atom is 0.338 e. The molecule has 0 amide bonds. The summed E-state index contributed by atoms with van der Waals surface area (Å²) in [5.41, 5.74) is -1.13. The molecule has 4 rings (SSSR count). The number of non-ortho nitro benzene ring substituents is 2. The largest absolute Gasteiger partial charge is 0.458 e. The van der Waals surface area contributed by atoms with E-state index in [4.69, 9.17) is 4.74 Å². The normalized spacial score (nSPS) is 25.9. The highest BCUT2D eigenvalue weighted by atomic mass is 16.6. The molecule has 2 bridgehead atoms. The topological polar surface area (TPSA) is 113 Å². The second-order valence-corrected chi connectivity index (χ2v) is 5.87. The zero-order valence-corrected chi connectivity index (χ0v) is 11.6. The molecule has 0 heterocycles. The predicted octanol–water partition coefficient (Wildman–Crippen LogP) is 2.85. The number of fused-ring (bicyclic) bond motifs is 2. The van der Waals surface area contributed by atoms with E-state index in [2.05, 4.69) is 0 Å². The van der Waals surface area contributed by atoms with Crippen molar-refractivity contribution in [1.82, 2.24) is 0 Å². The Balaban J connectivity index is 1.81. The predicted molar refractivity (Wildman–Crippen MR) is 74.4 cm³/mol. The molecule has 22 heavy (non-hydrogen) atoms. The van der Waals surface area contributed by atoms with Gasteiger partial charge in [0, 0.05) is 12.1 Å². The first kappa shape index (κ1) is 14.4. The lowest BCUT2D eigenvalue weighted by Crippen LogP contribution is -2.42. The fraction of sp³-hybridized carbons (Fsp3) is 0.500. The standard InChI is InChI=1S/C14H14N2O6/c17-14(22-13-2-1-8-3-9(13)4-8)10-5-11(15(18)19)7-12(6-10)16(20)21/h5-9,13H,1-4H2/t8?,9?,13-/m1/s1. The second kappa shape index (κ2) is 5.36. The molecule has 0 saturated heterocycles. The lowest BCUT2D eigenvalue weighted by Gasteiger charge is -2.45. The van der Waals surface area contributed by atoms with Crippen molar-refractivity contribution in [3.63, 3.8) is 0 Å². The molecule has 1 atom stereocenters. The number of nitrogens with zero attached hydrogens (tertiary/aromatic N) is 2. The summed E-state index contributed by atoms with van der Waals surface area (Å²) < 4.78 is 5.41. The van der Waals surface area contributed by atoms with E-state index in [1.54, 1.807) is 0 Å². The molecule has 0 aromatic heterocycles. The summed E-state index contributed by atoms with van der Waals surface area (Å²) in [6, 6.07) is 2.86. The first-order chi connectivity index (χ1) is 10.4. The van der Waals surface area contributed by atoms with Crippen LogP contribution in [0.5, 0.6) is 0 Å². The number of hydrogen-bond donors (Lipinski definition) is 0. The Kier molecular flexibility index (Phi) is 3.51. The Morgan fingerprint density at radius 2 is 1.64 bits per heavy atom. The van der Waals surface area contributed by atoms with E-state index in [1.165, 1.54) is 0 Å². The van der Waals surface area contributed by atoms with Gasteiger partial charge in [0.15, 0.2) is 0 Å². The van der Waals surface area contributed by atoms with E-state index >= 15 is 0 Å². The number of esters is 1. The highest BCUT2D eigenvalue weighted by molar-refractivity contribution is 5.91. The van der Waals surface area contributed by atoms with Crippen LogP contribution < -0.4 is 0 Å². The van der Waals surface area contributed by atoms with Gasteiger partial charge in [-0.25, -0.2) is 4.79 Å². The fourth-order valence-electron chi connectivity index (χ4n) is 3.25. The Hall–Kier alpha value is -2.51. The zero-order chi connectivity index (χ0) is 15.9. The lowest BCUT2D eigenvalue weighted by molar-refractivity contribution is -0.394. The van der Waals surface area contributed by atoms with Gasteiger partial charge in [-0.3, -0.25) is 20.2 Å². The van der Waals surface area contributed by atoms with Crippen LogP contribution in [0.1, 0.15) is 36.0 Å². The highest BCUT2D eigenvalue weighted by Gasteiger charge is 2.42. The van der Waals surface area contributed by atoms with Gasteiger partial charge >= 0.3 is 5.97 Å². The molecule has 8 nitrogen and oxygen atoms in total. The summed E-state index contributed by atoms with van der Waals surface area (Å²) in [5, 5.41) is 21.7. The minimum atomic E-state index is -0.763. The van der Waals surface area contributed by atoms with E-state index in [0.717, 1.165) is 49.8 Å². The molecule has 116 valence electrons. The average Bonchev–Trinajstić information content (AvgIpc) is 2.45. The Morgan fingerprint density at radius 1 is 1.05 bits per heavy atom. The third-order valence-electron chi connectivity index (χ3n) is 4.48. The zero-order valence-electron chi connectivity index (χ0n) is 11.6. The molecular weight excluding hydrogens is 292 g/mol. The molecule has 0 N–H and O–H groups in total. The third kappa shape index (κ3) is 2.63. The minimum Gasteiger partial charge on any atom is -0.458 e. The molecule has 3 aliphatic carbocycles. The molecule has 1 aromatic carbocycles. The van der Waals surface area contributed by atoms with Gasteiger partial charge in [-0.15, -0.1) is 0 Å². The summed E-state index contributed by atoms with van der Waals surface area (Å²) in [5.74, 6) is 0.359. The summed E-state index contributed by atoms with van der Waals surface area (Å²) in [7, 11) is 0. The van der Waals surface area contributed by atoms with Crippen LogP contribution in [-0.4, -0.2) is 21.9 Å². The molecule has 0 spiro atoms. The molecule has 3 aliphatic rings. The number of benzene rings is 1. The Labute approximate surface area is 125 Å². The third-order valence-corrected chi connectivity index (χ3v) is 4.48. The SMILES string of the molecule is O=C(O[C@@H]1CCC2CC1C2)c1cc([N+](=O)[O-])cc([N+](=O)[O-])c1. The van der Waals surface area contributed by atoms with Crippen LogP contribution in [0.3, 0.4) is 0 Å². The molecule has 3 saturated carbocycles. The molecular formula is C14H14N2O6. The minimum absolute atomic E-state index is 0.151. The quantitative estimate of drug-likeness (QED) is 0.480. The monoisotopic (exact) mass is 306 g/mol. The average molecular weight is 306 g/mol. The Bertz CT molecular complexity index is 618. The van der Waals surface area contributed by atoms with Crippen LogP contribution in [0.25, 0.3) is 0 Å². The smallest absolute Gasteiger partial charge is 0.338 e. The molecule has 0 aliphatic heterocycles. The molecule has 0 unspecified atom stereocenters. The van der Waals surface area contributed by atoms with Gasteiger partial charge in [-0.1, -0.05) is 0 Å². The van der Waals surface area contributed by atoms with Gasteiger partial charge < -0.3 is 4.74 Å². The van der Waals surface area contributed by atoms with Gasteiger partial charge in [0.05, 0.1) is 21.5 Å². The maximum absolute atomic E-state index is 12.2.